The second-order valence-corrected chi connectivity index (χ2v) is 6.36. The Morgan fingerprint density at radius 1 is 1.24 bits per heavy atom. The molecule has 3 heteroatoms. The maximum absolute atomic E-state index is 6.13. The average Bonchev–Trinajstić information content (AvgIpc) is 2.55. The van der Waals surface area contributed by atoms with Gasteiger partial charge in [0.1, 0.15) is 12.4 Å². The van der Waals surface area contributed by atoms with Crippen LogP contribution in [0, 0.1) is 5.92 Å². The summed E-state index contributed by atoms with van der Waals surface area (Å²) in [5, 5.41) is 0. The first-order valence-electron chi connectivity index (χ1n) is 8.29. The van der Waals surface area contributed by atoms with Crippen molar-refractivity contribution in [3.63, 3.8) is 0 Å². The standard InChI is InChI=1S/C18H30N2O/c1-3-16-9-11-18(15-19,12-10-16)20(2)13-14-21-17-7-5-4-6-8-17/h4-8,16H,3,9-15,19H2,1-2H3. The van der Waals surface area contributed by atoms with Gasteiger partial charge in [0.05, 0.1) is 0 Å². The molecular weight excluding hydrogens is 260 g/mol. The number of likely N-dealkylation sites (N-methyl/N-ethyl adjacent to an activating group) is 1. The van der Waals surface area contributed by atoms with Gasteiger partial charge >= 0.3 is 0 Å². The average molecular weight is 290 g/mol. The maximum Gasteiger partial charge on any atom is 0.119 e. The summed E-state index contributed by atoms with van der Waals surface area (Å²) in [6.07, 6.45) is 6.39. The van der Waals surface area contributed by atoms with E-state index in [0.29, 0.717) is 0 Å². The van der Waals surface area contributed by atoms with Crippen LogP contribution in [0.25, 0.3) is 0 Å². The SMILES string of the molecule is CCC1CCC(CN)(N(C)CCOc2ccccc2)CC1. The molecule has 0 aliphatic heterocycles. The highest BCUT2D eigenvalue weighted by atomic mass is 16.5. The van der Waals surface area contributed by atoms with Crippen molar-refractivity contribution in [1.82, 2.24) is 4.90 Å². The Bertz CT molecular complexity index is 399. The predicted molar refractivity (Wildman–Crippen MR) is 88.6 cm³/mol. The molecule has 1 aliphatic carbocycles. The van der Waals surface area contributed by atoms with E-state index >= 15 is 0 Å². The normalized spacial score (nSPS) is 26.0. The monoisotopic (exact) mass is 290 g/mol. The highest BCUT2D eigenvalue weighted by Gasteiger charge is 2.36. The number of nitrogens with zero attached hydrogens (tertiary/aromatic N) is 1. The van der Waals surface area contributed by atoms with Crippen LogP contribution in [0.1, 0.15) is 39.0 Å². The zero-order valence-corrected chi connectivity index (χ0v) is 13.6. The number of benzene rings is 1. The van der Waals surface area contributed by atoms with Gasteiger partial charge in [0.2, 0.25) is 0 Å². The summed E-state index contributed by atoms with van der Waals surface area (Å²) >= 11 is 0. The van der Waals surface area contributed by atoms with E-state index in [9.17, 15) is 0 Å². The number of para-hydroxylation sites is 1. The van der Waals surface area contributed by atoms with Gasteiger partial charge in [-0.3, -0.25) is 4.90 Å². The Balaban J connectivity index is 1.82. The minimum Gasteiger partial charge on any atom is -0.492 e. The Hall–Kier alpha value is -1.06. The van der Waals surface area contributed by atoms with Crippen LogP contribution in [-0.4, -0.2) is 37.2 Å². The minimum atomic E-state index is 0.186. The molecule has 1 aromatic carbocycles. The van der Waals surface area contributed by atoms with Crippen molar-refractivity contribution in [2.75, 3.05) is 26.7 Å². The first kappa shape index (κ1) is 16.3. The molecule has 1 aliphatic rings. The lowest BCUT2D eigenvalue weighted by atomic mass is 9.75. The van der Waals surface area contributed by atoms with Crippen molar-refractivity contribution >= 4 is 0 Å². The van der Waals surface area contributed by atoms with Crippen LogP contribution >= 0.6 is 0 Å². The van der Waals surface area contributed by atoms with E-state index in [0.717, 1.165) is 31.4 Å². The quantitative estimate of drug-likeness (QED) is 0.837. The lowest BCUT2D eigenvalue weighted by molar-refractivity contribution is 0.0533. The molecule has 0 unspecified atom stereocenters. The molecule has 1 fully saturated rings. The summed E-state index contributed by atoms with van der Waals surface area (Å²) in [6.45, 7) is 4.71. The minimum absolute atomic E-state index is 0.186. The van der Waals surface area contributed by atoms with Crippen LogP contribution in [-0.2, 0) is 0 Å². The third-order valence-electron chi connectivity index (χ3n) is 5.24. The van der Waals surface area contributed by atoms with E-state index in [4.69, 9.17) is 10.5 Å². The number of nitrogens with two attached hydrogens (primary N) is 1. The largest absolute Gasteiger partial charge is 0.492 e. The van der Waals surface area contributed by atoms with E-state index in [1.807, 2.05) is 30.3 Å². The first-order chi connectivity index (χ1) is 10.2. The molecule has 1 aromatic rings. The van der Waals surface area contributed by atoms with Crippen molar-refractivity contribution in [2.24, 2.45) is 11.7 Å². The van der Waals surface area contributed by atoms with Gasteiger partial charge in [-0.05, 0) is 50.8 Å². The molecule has 0 atom stereocenters. The summed E-state index contributed by atoms with van der Waals surface area (Å²) in [4.78, 5) is 2.43. The van der Waals surface area contributed by atoms with Crippen molar-refractivity contribution < 1.29 is 4.74 Å². The molecule has 2 N–H and O–H groups in total. The zero-order valence-electron chi connectivity index (χ0n) is 13.6. The van der Waals surface area contributed by atoms with E-state index in [-0.39, 0.29) is 5.54 Å². The van der Waals surface area contributed by atoms with Gasteiger partial charge in [-0.15, -0.1) is 0 Å². The van der Waals surface area contributed by atoms with Gasteiger partial charge in [-0.2, -0.15) is 0 Å². The smallest absolute Gasteiger partial charge is 0.119 e. The second kappa shape index (κ2) is 7.81. The molecule has 3 nitrogen and oxygen atoms in total. The van der Waals surface area contributed by atoms with Crippen LogP contribution < -0.4 is 10.5 Å². The molecule has 118 valence electrons. The van der Waals surface area contributed by atoms with Gasteiger partial charge in [0.25, 0.3) is 0 Å². The fraction of sp³-hybridized carbons (Fsp3) is 0.667. The maximum atomic E-state index is 6.13. The highest BCUT2D eigenvalue weighted by molar-refractivity contribution is 5.20. The molecule has 1 saturated carbocycles. The van der Waals surface area contributed by atoms with Crippen LogP contribution in [0.15, 0.2) is 30.3 Å². The van der Waals surface area contributed by atoms with E-state index in [1.54, 1.807) is 0 Å². The van der Waals surface area contributed by atoms with Crippen molar-refractivity contribution in [2.45, 2.75) is 44.6 Å². The molecule has 0 radical (unpaired) electrons. The molecule has 0 spiro atoms. The van der Waals surface area contributed by atoms with Gasteiger partial charge in [-0.1, -0.05) is 31.5 Å². The lowest BCUT2D eigenvalue weighted by Gasteiger charge is -2.46. The Kier molecular flexibility index (Phi) is 6.07. The number of hydrogen-bond acceptors (Lipinski definition) is 3. The molecule has 2 rings (SSSR count). The van der Waals surface area contributed by atoms with E-state index in [1.165, 1.54) is 32.1 Å². The summed E-state index contributed by atoms with van der Waals surface area (Å²) in [6, 6.07) is 10.0. The first-order valence-corrected chi connectivity index (χ1v) is 8.29. The zero-order chi connectivity index (χ0) is 15.1. The molecule has 0 aromatic heterocycles. The van der Waals surface area contributed by atoms with Crippen molar-refractivity contribution in [3.05, 3.63) is 30.3 Å². The number of rotatable bonds is 7. The van der Waals surface area contributed by atoms with Crippen LogP contribution in [0.4, 0.5) is 0 Å². The predicted octanol–water partition coefficient (Wildman–Crippen LogP) is 3.29. The Labute approximate surface area is 129 Å². The van der Waals surface area contributed by atoms with Crippen molar-refractivity contribution in [1.29, 1.82) is 0 Å². The number of ether oxygens (including phenoxy) is 1. The van der Waals surface area contributed by atoms with E-state index < -0.39 is 0 Å². The fourth-order valence-electron chi connectivity index (χ4n) is 3.42. The number of hydrogen-bond donors (Lipinski definition) is 1. The molecular formula is C18H30N2O. The summed E-state index contributed by atoms with van der Waals surface area (Å²) in [5.74, 6) is 1.85. The van der Waals surface area contributed by atoms with Crippen molar-refractivity contribution in [3.8, 4) is 5.75 Å². The van der Waals surface area contributed by atoms with Crippen LogP contribution in [0.5, 0.6) is 5.75 Å². The Morgan fingerprint density at radius 3 is 2.48 bits per heavy atom. The third-order valence-corrected chi connectivity index (χ3v) is 5.24. The lowest BCUT2D eigenvalue weighted by Crippen LogP contribution is -2.55. The molecule has 0 heterocycles. The van der Waals surface area contributed by atoms with Gasteiger partial charge < -0.3 is 10.5 Å². The van der Waals surface area contributed by atoms with Gasteiger partial charge in [0, 0.05) is 18.6 Å². The second-order valence-electron chi connectivity index (χ2n) is 6.36. The molecule has 0 bridgehead atoms. The highest BCUT2D eigenvalue weighted by Crippen LogP contribution is 2.36. The third kappa shape index (κ3) is 4.21. The fourth-order valence-corrected chi connectivity index (χ4v) is 3.42. The van der Waals surface area contributed by atoms with Gasteiger partial charge in [-0.25, -0.2) is 0 Å². The Morgan fingerprint density at radius 2 is 1.90 bits per heavy atom. The van der Waals surface area contributed by atoms with E-state index in [2.05, 4.69) is 18.9 Å². The molecule has 0 saturated heterocycles. The summed E-state index contributed by atoms with van der Waals surface area (Å²) in [5.41, 5.74) is 6.31. The molecule has 0 amide bonds. The summed E-state index contributed by atoms with van der Waals surface area (Å²) in [7, 11) is 2.20. The molecule has 21 heavy (non-hydrogen) atoms. The summed E-state index contributed by atoms with van der Waals surface area (Å²) < 4.78 is 5.82. The van der Waals surface area contributed by atoms with Gasteiger partial charge in [0.15, 0.2) is 0 Å². The van der Waals surface area contributed by atoms with Crippen LogP contribution in [0.2, 0.25) is 0 Å². The van der Waals surface area contributed by atoms with Crippen LogP contribution in [0.3, 0.4) is 0 Å². The topological polar surface area (TPSA) is 38.5 Å².